The number of para-hydroxylation sites is 1. The lowest BCUT2D eigenvalue weighted by Gasteiger charge is -2.11. The average Bonchev–Trinajstić information content (AvgIpc) is 2.89. The van der Waals surface area contributed by atoms with E-state index >= 15 is 0 Å². The van der Waals surface area contributed by atoms with Crippen molar-refractivity contribution in [1.29, 1.82) is 0 Å². The van der Waals surface area contributed by atoms with Crippen molar-refractivity contribution in [2.24, 2.45) is 5.92 Å². The first-order valence-corrected chi connectivity index (χ1v) is 5.98. The van der Waals surface area contributed by atoms with Crippen LogP contribution in [-0.4, -0.2) is 24.8 Å². The van der Waals surface area contributed by atoms with Gasteiger partial charge < -0.3 is 9.47 Å². The number of pyridine rings is 1. The summed E-state index contributed by atoms with van der Waals surface area (Å²) in [5.74, 6) is 1.39. The lowest BCUT2D eigenvalue weighted by atomic mass is 10.1. The van der Waals surface area contributed by atoms with Crippen LogP contribution in [0.5, 0.6) is 5.75 Å². The van der Waals surface area contributed by atoms with Gasteiger partial charge in [0.05, 0.1) is 13.2 Å². The molecule has 3 rings (SSSR count). The standard InChI is InChI=1S/C14H15NO2/c1-3-12-4-2-7-15-14(12)13(5-1)17-10-11-6-8-16-9-11/h1-5,7,11H,6,8-10H2. The summed E-state index contributed by atoms with van der Waals surface area (Å²) >= 11 is 0. The van der Waals surface area contributed by atoms with Gasteiger partial charge in [-0.05, 0) is 18.6 Å². The third-order valence-corrected chi connectivity index (χ3v) is 3.09. The average molecular weight is 229 g/mol. The molecule has 0 amide bonds. The predicted molar refractivity (Wildman–Crippen MR) is 66.2 cm³/mol. The van der Waals surface area contributed by atoms with Crippen molar-refractivity contribution in [3.8, 4) is 5.75 Å². The fourth-order valence-electron chi connectivity index (χ4n) is 2.12. The van der Waals surface area contributed by atoms with Crippen LogP contribution >= 0.6 is 0 Å². The molecule has 1 atom stereocenters. The molecule has 2 heterocycles. The highest BCUT2D eigenvalue weighted by atomic mass is 16.5. The van der Waals surface area contributed by atoms with Crippen LogP contribution in [0.3, 0.4) is 0 Å². The summed E-state index contributed by atoms with van der Waals surface area (Å²) in [5, 5.41) is 1.12. The number of hydrogen-bond acceptors (Lipinski definition) is 3. The van der Waals surface area contributed by atoms with Gasteiger partial charge in [-0.2, -0.15) is 0 Å². The summed E-state index contributed by atoms with van der Waals surface area (Å²) in [7, 11) is 0. The van der Waals surface area contributed by atoms with Crippen molar-refractivity contribution < 1.29 is 9.47 Å². The van der Waals surface area contributed by atoms with Gasteiger partial charge in [0.2, 0.25) is 0 Å². The highest BCUT2D eigenvalue weighted by molar-refractivity contribution is 5.84. The second-order valence-corrected chi connectivity index (χ2v) is 4.37. The molecule has 0 saturated carbocycles. The molecule has 0 radical (unpaired) electrons. The number of fused-ring (bicyclic) bond motifs is 1. The quantitative estimate of drug-likeness (QED) is 0.810. The van der Waals surface area contributed by atoms with Crippen molar-refractivity contribution in [3.63, 3.8) is 0 Å². The molecule has 88 valence electrons. The summed E-state index contributed by atoms with van der Waals surface area (Å²) < 4.78 is 11.2. The zero-order valence-corrected chi connectivity index (χ0v) is 9.63. The minimum absolute atomic E-state index is 0.522. The second-order valence-electron chi connectivity index (χ2n) is 4.37. The van der Waals surface area contributed by atoms with E-state index in [9.17, 15) is 0 Å². The molecule has 0 bridgehead atoms. The van der Waals surface area contributed by atoms with Crippen molar-refractivity contribution in [1.82, 2.24) is 4.98 Å². The molecule has 1 unspecified atom stereocenters. The van der Waals surface area contributed by atoms with E-state index in [1.807, 2.05) is 30.3 Å². The molecular formula is C14H15NO2. The summed E-state index contributed by atoms with van der Waals surface area (Å²) in [6.45, 7) is 2.40. The van der Waals surface area contributed by atoms with Crippen molar-refractivity contribution in [2.45, 2.75) is 6.42 Å². The molecule has 0 spiro atoms. The Morgan fingerprint density at radius 1 is 1.29 bits per heavy atom. The number of ether oxygens (including phenoxy) is 2. The molecule has 2 aromatic rings. The maximum atomic E-state index is 5.86. The fraction of sp³-hybridized carbons (Fsp3) is 0.357. The number of rotatable bonds is 3. The van der Waals surface area contributed by atoms with Crippen LogP contribution in [0, 0.1) is 5.92 Å². The van der Waals surface area contributed by atoms with Crippen LogP contribution in [0.1, 0.15) is 6.42 Å². The Morgan fingerprint density at radius 2 is 2.24 bits per heavy atom. The Balaban J connectivity index is 1.79. The second kappa shape index (κ2) is 4.72. The zero-order chi connectivity index (χ0) is 11.5. The van der Waals surface area contributed by atoms with Gasteiger partial charge >= 0.3 is 0 Å². The lowest BCUT2D eigenvalue weighted by Crippen LogP contribution is -2.11. The normalized spacial score (nSPS) is 19.6. The first-order valence-electron chi connectivity index (χ1n) is 5.98. The SMILES string of the molecule is c1cnc2c(OCC3CCOC3)cccc2c1. The molecule has 1 aromatic heterocycles. The van der Waals surface area contributed by atoms with Crippen LogP contribution in [0.15, 0.2) is 36.5 Å². The Labute approximate surface area is 100 Å². The first-order chi connectivity index (χ1) is 8.43. The number of hydrogen-bond donors (Lipinski definition) is 0. The van der Waals surface area contributed by atoms with Gasteiger partial charge in [0.25, 0.3) is 0 Å². The van der Waals surface area contributed by atoms with E-state index in [4.69, 9.17) is 9.47 Å². The fourth-order valence-corrected chi connectivity index (χ4v) is 2.12. The third kappa shape index (κ3) is 2.24. The molecule has 1 aromatic carbocycles. The van der Waals surface area contributed by atoms with Gasteiger partial charge in [0, 0.05) is 24.1 Å². The van der Waals surface area contributed by atoms with Crippen molar-refractivity contribution in [3.05, 3.63) is 36.5 Å². The Bertz CT molecular complexity index is 501. The van der Waals surface area contributed by atoms with Gasteiger partial charge in [-0.25, -0.2) is 0 Å². The van der Waals surface area contributed by atoms with E-state index in [0.29, 0.717) is 5.92 Å². The van der Waals surface area contributed by atoms with Crippen LogP contribution in [0.25, 0.3) is 10.9 Å². The molecule has 1 fully saturated rings. The van der Waals surface area contributed by atoms with Crippen LogP contribution < -0.4 is 4.74 Å². The van der Waals surface area contributed by atoms with E-state index < -0.39 is 0 Å². The molecular weight excluding hydrogens is 214 g/mol. The third-order valence-electron chi connectivity index (χ3n) is 3.09. The highest BCUT2D eigenvalue weighted by Gasteiger charge is 2.16. The molecule has 1 aliphatic heterocycles. The van der Waals surface area contributed by atoms with Crippen LogP contribution in [-0.2, 0) is 4.74 Å². The van der Waals surface area contributed by atoms with E-state index in [1.165, 1.54) is 0 Å². The topological polar surface area (TPSA) is 31.4 Å². The Morgan fingerprint density at radius 3 is 3.12 bits per heavy atom. The molecule has 17 heavy (non-hydrogen) atoms. The summed E-state index contributed by atoms with van der Waals surface area (Å²) in [6, 6.07) is 10.0. The minimum atomic E-state index is 0.522. The van der Waals surface area contributed by atoms with Gasteiger partial charge in [0.1, 0.15) is 11.3 Å². The lowest BCUT2D eigenvalue weighted by molar-refractivity contribution is 0.167. The van der Waals surface area contributed by atoms with Gasteiger partial charge in [-0.1, -0.05) is 18.2 Å². The molecule has 3 heteroatoms. The van der Waals surface area contributed by atoms with E-state index in [0.717, 1.165) is 42.9 Å². The predicted octanol–water partition coefficient (Wildman–Crippen LogP) is 2.65. The smallest absolute Gasteiger partial charge is 0.145 e. The van der Waals surface area contributed by atoms with Crippen LogP contribution in [0.2, 0.25) is 0 Å². The molecule has 0 N–H and O–H groups in total. The van der Waals surface area contributed by atoms with E-state index in [2.05, 4.69) is 4.98 Å². The van der Waals surface area contributed by atoms with Gasteiger partial charge in [0.15, 0.2) is 0 Å². The highest BCUT2D eigenvalue weighted by Crippen LogP contribution is 2.24. The molecule has 0 aliphatic carbocycles. The number of aromatic nitrogens is 1. The zero-order valence-electron chi connectivity index (χ0n) is 9.63. The summed E-state index contributed by atoms with van der Waals surface area (Å²) in [5.41, 5.74) is 0.939. The molecule has 1 saturated heterocycles. The van der Waals surface area contributed by atoms with Crippen LogP contribution in [0.4, 0.5) is 0 Å². The monoisotopic (exact) mass is 229 g/mol. The summed E-state index contributed by atoms with van der Waals surface area (Å²) in [6.07, 6.45) is 2.89. The van der Waals surface area contributed by atoms with Crippen molar-refractivity contribution >= 4 is 10.9 Å². The maximum Gasteiger partial charge on any atom is 0.145 e. The number of nitrogens with zero attached hydrogens (tertiary/aromatic N) is 1. The van der Waals surface area contributed by atoms with Crippen molar-refractivity contribution in [2.75, 3.05) is 19.8 Å². The Hall–Kier alpha value is -1.61. The van der Waals surface area contributed by atoms with Gasteiger partial charge in [-0.3, -0.25) is 4.98 Å². The Kier molecular flexibility index (Phi) is 2.92. The molecule has 1 aliphatic rings. The molecule has 3 nitrogen and oxygen atoms in total. The number of benzene rings is 1. The minimum Gasteiger partial charge on any atom is -0.491 e. The van der Waals surface area contributed by atoms with Gasteiger partial charge in [-0.15, -0.1) is 0 Å². The first kappa shape index (κ1) is 10.5. The van der Waals surface area contributed by atoms with E-state index in [-0.39, 0.29) is 0 Å². The maximum absolute atomic E-state index is 5.86. The van der Waals surface area contributed by atoms with E-state index in [1.54, 1.807) is 6.20 Å². The summed E-state index contributed by atoms with van der Waals surface area (Å²) in [4.78, 5) is 4.37. The largest absolute Gasteiger partial charge is 0.491 e.